The van der Waals surface area contributed by atoms with Crippen molar-refractivity contribution in [1.29, 1.82) is 0 Å². The Balaban J connectivity index is 1.46. The van der Waals surface area contributed by atoms with Gasteiger partial charge in [-0.25, -0.2) is 0 Å². The fourth-order valence-electron chi connectivity index (χ4n) is 6.79. The van der Waals surface area contributed by atoms with Crippen LogP contribution in [0.15, 0.2) is 28.0 Å². The van der Waals surface area contributed by atoms with Gasteiger partial charge in [-0.2, -0.15) is 0 Å². The number of aromatic nitrogens is 1. The summed E-state index contributed by atoms with van der Waals surface area (Å²) in [5.41, 5.74) is 0.965. The smallest absolute Gasteiger partial charge is 0.323 e. The molecule has 0 unspecified atom stereocenters. The molecule has 2 bridgehead atoms. The lowest BCUT2D eigenvalue weighted by Crippen LogP contribution is -2.42. The molecule has 2 aliphatic carbocycles. The number of fused-ring (bicyclic) bond motifs is 9. The molecule has 11 heteroatoms. The number of hydrogen-bond donors (Lipinski definition) is 2. The Morgan fingerprint density at radius 2 is 1.82 bits per heavy atom. The number of thiazole rings is 1. The number of aliphatic carboxylic acids is 1. The summed E-state index contributed by atoms with van der Waals surface area (Å²) in [7, 11) is 3.14. The Hall–Kier alpha value is -2.79. The highest BCUT2D eigenvalue weighted by molar-refractivity contribution is 8.00. The van der Waals surface area contributed by atoms with Crippen molar-refractivity contribution in [3.8, 4) is 11.5 Å². The van der Waals surface area contributed by atoms with Crippen LogP contribution in [0, 0.1) is 29.6 Å². The molecule has 1 aromatic carbocycles. The molecule has 1 saturated heterocycles. The quantitative estimate of drug-likeness (QED) is 0.595. The van der Waals surface area contributed by atoms with Gasteiger partial charge in [0.2, 0.25) is 11.8 Å². The van der Waals surface area contributed by atoms with Crippen LogP contribution in [0.2, 0.25) is 0 Å². The van der Waals surface area contributed by atoms with Crippen molar-refractivity contribution in [2.75, 3.05) is 20.8 Å². The summed E-state index contributed by atoms with van der Waals surface area (Å²) in [5, 5.41) is 10.1. The molecule has 34 heavy (non-hydrogen) atoms. The number of amides is 2. The molecule has 2 saturated carbocycles. The first-order valence-corrected chi connectivity index (χ1v) is 12.7. The van der Waals surface area contributed by atoms with Crippen LogP contribution in [-0.2, 0) is 14.4 Å². The van der Waals surface area contributed by atoms with Gasteiger partial charge in [0.05, 0.1) is 31.1 Å². The lowest BCUT2D eigenvalue weighted by Gasteiger charge is -2.43. The van der Waals surface area contributed by atoms with Crippen molar-refractivity contribution in [1.82, 2.24) is 9.88 Å². The second-order valence-electron chi connectivity index (χ2n) is 9.23. The van der Waals surface area contributed by atoms with Crippen molar-refractivity contribution in [3.63, 3.8) is 0 Å². The summed E-state index contributed by atoms with van der Waals surface area (Å²) >= 11 is 2.78. The molecule has 4 aliphatic rings. The lowest BCUT2D eigenvalue weighted by molar-refractivity contribution is -0.149. The van der Waals surface area contributed by atoms with Crippen molar-refractivity contribution in [2.24, 2.45) is 29.6 Å². The highest BCUT2D eigenvalue weighted by Gasteiger charge is 2.69. The van der Waals surface area contributed by atoms with Crippen LogP contribution in [0.5, 0.6) is 11.5 Å². The van der Waals surface area contributed by atoms with Gasteiger partial charge in [-0.15, -0.1) is 11.8 Å². The fraction of sp³-hybridized carbons (Fsp3) is 0.478. The van der Waals surface area contributed by atoms with Gasteiger partial charge >= 0.3 is 10.8 Å². The molecule has 6 rings (SSSR count). The van der Waals surface area contributed by atoms with E-state index in [2.05, 4.69) is 4.98 Å². The minimum absolute atomic E-state index is 0.0369. The average molecular weight is 503 g/mol. The summed E-state index contributed by atoms with van der Waals surface area (Å²) in [6, 6.07) is 5.73. The summed E-state index contributed by atoms with van der Waals surface area (Å²) in [5.74, 6) is -1.93. The van der Waals surface area contributed by atoms with Crippen molar-refractivity contribution >= 4 is 40.9 Å². The number of rotatable bonds is 5. The zero-order valence-electron chi connectivity index (χ0n) is 18.3. The molecule has 0 spiro atoms. The number of benzene rings is 1. The maximum Gasteiger partial charge on any atom is 0.323 e. The zero-order chi connectivity index (χ0) is 23.9. The highest BCUT2D eigenvalue weighted by Crippen LogP contribution is 2.68. The van der Waals surface area contributed by atoms with Gasteiger partial charge in [-0.05, 0) is 41.9 Å². The number of methoxy groups -OCH3 is 2. The minimum Gasteiger partial charge on any atom is -0.493 e. The first kappa shape index (κ1) is 21.7. The number of H-pyrrole nitrogens is 1. The average Bonchev–Trinajstić information content (AvgIpc) is 3.54. The molecule has 9 nitrogen and oxygen atoms in total. The van der Waals surface area contributed by atoms with E-state index in [4.69, 9.17) is 9.47 Å². The van der Waals surface area contributed by atoms with E-state index >= 15 is 0 Å². The molecule has 2 amide bonds. The number of carbonyl (C=O) groups excluding carboxylic acids is 2. The minimum atomic E-state index is -1.19. The Labute approximate surface area is 202 Å². The van der Waals surface area contributed by atoms with E-state index < -0.39 is 24.3 Å². The van der Waals surface area contributed by atoms with Crippen LogP contribution < -0.4 is 14.3 Å². The van der Waals surface area contributed by atoms with Crippen LogP contribution in [-0.4, -0.2) is 58.8 Å². The zero-order valence-corrected chi connectivity index (χ0v) is 20.0. The maximum absolute atomic E-state index is 13.2. The molecular weight excluding hydrogens is 480 g/mol. The second kappa shape index (κ2) is 7.61. The molecule has 2 N–H and O–H groups in total. The number of carboxylic acid groups (broad SMARTS) is 1. The van der Waals surface area contributed by atoms with E-state index in [9.17, 15) is 24.3 Å². The highest BCUT2D eigenvalue weighted by atomic mass is 32.2. The number of ether oxygens (including phenoxy) is 2. The third kappa shape index (κ3) is 2.86. The predicted octanol–water partition coefficient (Wildman–Crippen LogP) is 2.01. The Bertz CT molecular complexity index is 1290. The number of carbonyl (C=O) groups is 3. The number of carboxylic acids is 1. The molecule has 3 heterocycles. The maximum atomic E-state index is 13.2. The number of nitrogens with one attached hydrogen (secondary N) is 1. The summed E-state index contributed by atoms with van der Waals surface area (Å²) in [4.78, 5) is 54.6. The van der Waals surface area contributed by atoms with E-state index in [1.165, 1.54) is 11.3 Å². The van der Waals surface area contributed by atoms with Crippen LogP contribution in [0.4, 0.5) is 0 Å². The predicted molar refractivity (Wildman–Crippen MR) is 122 cm³/mol. The van der Waals surface area contributed by atoms with E-state index in [-0.39, 0.29) is 45.6 Å². The molecule has 1 aromatic heterocycles. The number of hydrogen-bond acceptors (Lipinski definition) is 8. The van der Waals surface area contributed by atoms with Crippen LogP contribution in [0.3, 0.4) is 0 Å². The monoisotopic (exact) mass is 502 g/mol. The second-order valence-corrected chi connectivity index (χ2v) is 11.4. The third-order valence-corrected chi connectivity index (χ3v) is 10.5. The van der Waals surface area contributed by atoms with Gasteiger partial charge < -0.3 is 19.6 Å². The standard InChI is InChI=1S/C23H22N2O7S2/c1-31-11-4-3-8(5-12(11)32-2)14-15-9-6-10(18(15)33-20-19(14)34-23(30)24-20)17-16(9)21(28)25(22(17)29)7-13(26)27/h3-5,9-10,14-18H,6-7H2,1-2H3,(H,24,30)(H,26,27)/t9-,10+,14+,15+,16+,17+,18+/m0/s1. The number of thioether (sulfide) groups is 1. The van der Waals surface area contributed by atoms with Gasteiger partial charge in [0, 0.05) is 16.0 Å². The first-order valence-electron chi connectivity index (χ1n) is 11.0. The van der Waals surface area contributed by atoms with Crippen LogP contribution in [0.1, 0.15) is 22.8 Å². The molecule has 2 aliphatic heterocycles. The molecule has 178 valence electrons. The number of likely N-dealkylation sites (tertiary alicyclic amines) is 1. The van der Waals surface area contributed by atoms with Crippen molar-refractivity contribution in [3.05, 3.63) is 38.3 Å². The van der Waals surface area contributed by atoms with Crippen molar-refractivity contribution < 1.29 is 29.0 Å². The molecule has 3 fully saturated rings. The molecule has 2 aromatic rings. The van der Waals surface area contributed by atoms with Gasteiger partial charge in [0.15, 0.2) is 11.5 Å². The van der Waals surface area contributed by atoms with Crippen LogP contribution >= 0.6 is 23.1 Å². The third-order valence-electron chi connectivity index (χ3n) is 7.88. The summed E-state index contributed by atoms with van der Waals surface area (Å²) in [6.45, 7) is -0.591. The normalized spacial score (nSPS) is 33.0. The lowest BCUT2D eigenvalue weighted by atomic mass is 9.68. The number of nitrogens with zero attached hydrogens (tertiary/aromatic N) is 1. The van der Waals surface area contributed by atoms with E-state index in [1.54, 1.807) is 26.0 Å². The van der Waals surface area contributed by atoms with Gasteiger partial charge in [-0.1, -0.05) is 17.4 Å². The first-order chi connectivity index (χ1) is 16.3. The Kier molecular flexibility index (Phi) is 4.86. The molecular formula is C23H22N2O7S2. The Morgan fingerprint density at radius 1 is 1.12 bits per heavy atom. The van der Waals surface area contributed by atoms with E-state index in [1.807, 2.05) is 18.2 Å². The summed E-state index contributed by atoms with van der Waals surface area (Å²) in [6.07, 6.45) is 0.749. The van der Waals surface area contributed by atoms with Gasteiger partial charge in [0.1, 0.15) is 6.54 Å². The van der Waals surface area contributed by atoms with Gasteiger partial charge in [0.25, 0.3) is 0 Å². The molecule has 7 atom stereocenters. The topological polar surface area (TPSA) is 126 Å². The van der Waals surface area contributed by atoms with E-state index in [0.717, 1.165) is 26.8 Å². The Morgan fingerprint density at radius 3 is 2.50 bits per heavy atom. The largest absolute Gasteiger partial charge is 0.493 e. The summed E-state index contributed by atoms with van der Waals surface area (Å²) < 4.78 is 10.9. The molecule has 0 radical (unpaired) electrons. The SMILES string of the molecule is COc1ccc([C@H]2c3sc(=O)[nH]c3S[C@@H]3[C@@H]4C[C@H]([C@H]5C(=O)N(CC(=O)O)C(=O)[C@H]45)[C@H]23)cc1OC. The van der Waals surface area contributed by atoms with Crippen LogP contribution in [0.25, 0.3) is 0 Å². The van der Waals surface area contributed by atoms with Crippen molar-refractivity contribution in [2.45, 2.75) is 22.6 Å². The number of imide groups is 1. The fourth-order valence-corrected chi connectivity index (χ4v) is 9.68. The van der Waals surface area contributed by atoms with Gasteiger partial charge in [-0.3, -0.25) is 24.1 Å². The van der Waals surface area contributed by atoms with E-state index in [0.29, 0.717) is 11.5 Å². The number of aromatic amines is 1.